The first-order chi connectivity index (χ1) is 10.7. The van der Waals surface area contributed by atoms with Crippen LogP contribution in [0, 0.1) is 17.8 Å². The van der Waals surface area contributed by atoms with Crippen LogP contribution in [0.5, 0.6) is 0 Å². The summed E-state index contributed by atoms with van der Waals surface area (Å²) in [4.78, 5) is 0. The van der Waals surface area contributed by atoms with Gasteiger partial charge in [0.2, 0.25) is 0 Å². The largest absolute Gasteiger partial charge is 0.390 e. The molecule has 0 aromatic carbocycles. The van der Waals surface area contributed by atoms with E-state index in [4.69, 9.17) is 18.6 Å². The zero-order chi connectivity index (χ0) is 17.0. The van der Waals surface area contributed by atoms with E-state index in [0.717, 1.165) is 5.57 Å². The van der Waals surface area contributed by atoms with Crippen LogP contribution in [-0.4, -0.2) is 40.2 Å². The number of ether oxygens (including phenoxy) is 3. The molecule has 4 nitrogen and oxygen atoms in total. The van der Waals surface area contributed by atoms with Gasteiger partial charge >= 0.3 is 0 Å². The van der Waals surface area contributed by atoms with Gasteiger partial charge in [0.1, 0.15) is 6.10 Å². The van der Waals surface area contributed by atoms with Crippen molar-refractivity contribution in [2.24, 2.45) is 17.8 Å². The van der Waals surface area contributed by atoms with E-state index < -0.39 is 8.32 Å². The minimum atomic E-state index is -1.95. The maximum absolute atomic E-state index is 6.53. The van der Waals surface area contributed by atoms with Gasteiger partial charge in [0.15, 0.2) is 20.9 Å². The lowest BCUT2D eigenvalue weighted by molar-refractivity contribution is -0.285. The molecule has 0 radical (unpaired) electrons. The molecule has 0 spiro atoms. The second kappa shape index (κ2) is 5.81. The van der Waals surface area contributed by atoms with Crippen LogP contribution in [-0.2, 0) is 18.6 Å². The lowest BCUT2D eigenvalue weighted by Crippen LogP contribution is -2.55. The standard InChI is InChI=1S/C18H30O4Si/c1-8-12-10-20-16-14(12)13-11(2)9-19-15(13)17(21-16)22-23(6,7)18(3,4)5/h8,12-17H,1-2,9-10H2,3-7H3/t12?,13-,14+,15-,16-,17+/m0/s1. The Morgan fingerprint density at radius 3 is 2.57 bits per heavy atom. The zero-order valence-electron chi connectivity index (χ0n) is 15.0. The third-order valence-corrected chi connectivity index (χ3v) is 10.5. The number of hydrogen-bond donors (Lipinski definition) is 0. The fourth-order valence-corrected chi connectivity index (χ4v) is 4.69. The Morgan fingerprint density at radius 1 is 1.26 bits per heavy atom. The average molecular weight is 339 g/mol. The highest BCUT2D eigenvalue weighted by Gasteiger charge is 2.57. The van der Waals surface area contributed by atoms with Crippen molar-refractivity contribution in [3.8, 4) is 0 Å². The first-order valence-electron chi connectivity index (χ1n) is 8.52. The van der Waals surface area contributed by atoms with Gasteiger partial charge in [-0.15, -0.1) is 6.58 Å². The summed E-state index contributed by atoms with van der Waals surface area (Å²) in [6, 6.07) is 0. The molecule has 3 aliphatic heterocycles. The van der Waals surface area contributed by atoms with Gasteiger partial charge in [0.05, 0.1) is 13.2 Å². The van der Waals surface area contributed by atoms with E-state index in [1.165, 1.54) is 0 Å². The van der Waals surface area contributed by atoms with Gasteiger partial charge in [-0.25, -0.2) is 0 Å². The Bertz CT molecular complexity index is 496. The molecule has 0 aromatic heterocycles. The topological polar surface area (TPSA) is 36.9 Å². The lowest BCUT2D eigenvalue weighted by atomic mass is 9.76. The molecule has 0 bridgehead atoms. The van der Waals surface area contributed by atoms with Crippen LogP contribution in [0.25, 0.3) is 0 Å². The van der Waals surface area contributed by atoms with Gasteiger partial charge in [-0.2, -0.15) is 0 Å². The highest BCUT2D eigenvalue weighted by molar-refractivity contribution is 6.74. The Kier molecular flexibility index (Phi) is 4.39. The summed E-state index contributed by atoms with van der Waals surface area (Å²) in [6.07, 6.45) is 1.28. The highest BCUT2D eigenvalue weighted by atomic mass is 28.4. The molecule has 3 heterocycles. The molecule has 23 heavy (non-hydrogen) atoms. The molecule has 1 unspecified atom stereocenters. The quantitative estimate of drug-likeness (QED) is 0.581. The van der Waals surface area contributed by atoms with Gasteiger partial charge in [0.25, 0.3) is 0 Å². The first-order valence-corrected chi connectivity index (χ1v) is 11.4. The van der Waals surface area contributed by atoms with Crippen LogP contribution in [0.1, 0.15) is 20.8 Å². The van der Waals surface area contributed by atoms with Gasteiger partial charge in [-0.05, 0) is 23.7 Å². The molecule has 3 fully saturated rings. The minimum absolute atomic E-state index is 0.0815. The molecule has 3 saturated heterocycles. The van der Waals surface area contributed by atoms with Crippen molar-refractivity contribution >= 4 is 8.32 Å². The van der Waals surface area contributed by atoms with Crippen molar-refractivity contribution < 1.29 is 18.6 Å². The fourth-order valence-electron chi connectivity index (χ4n) is 3.57. The molecule has 5 heteroatoms. The molecule has 130 valence electrons. The number of fused-ring (bicyclic) bond motifs is 3. The molecule has 3 aliphatic rings. The lowest BCUT2D eigenvalue weighted by Gasteiger charge is -2.46. The van der Waals surface area contributed by atoms with E-state index in [2.05, 4.69) is 47.0 Å². The SMILES string of the molecule is C=CC1CO[C@H]2O[C@H](O[Si](C)(C)C(C)(C)C)[C@H]3OCC(=C)[C@H]3[C@@H]12. The van der Waals surface area contributed by atoms with Crippen molar-refractivity contribution in [3.63, 3.8) is 0 Å². The van der Waals surface area contributed by atoms with Crippen molar-refractivity contribution in [3.05, 3.63) is 24.8 Å². The third-order valence-electron chi connectivity index (χ3n) is 6.02. The summed E-state index contributed by atoms with van der Waals surface area (Å²) in [5.74, 6) is 0.764. The van der Waals surface area contributed by atoms with Crippen LogP contribution < -0.4 is 0 Å². The van der Waals surface area contributed by atoms with Gasteiger partial charge in [0, 0.05) is 17.8 Å². The van der Waals surface area contributed by atoms with E-state index in [1.807, 2.05) is 6.08 Å². The third kappa shape index (κ3) is 2.87. The number of rotatable bonds is 3. The summed E-state index contributed by atoms with van der Waals surface area (Å²) < 4.78 is 24.7. The average Bonchev–Trinajstić information content (AvgIpc) is 3.00. The van der Waals surface area contributed by atoms with Gasteiger partial charge in [-0.3, -0.25) is 0 Å². The van der Waals surface area contributed by atoms with Crippen LogP contribution in [0.3, 0.4) is 0 Å². The summed E-state index contributed by atoms with van der Waals surface area (Å²) in [6.45, 7) is 20.6. The molecule has 0 amide bonds. The van der Waals surface area contributed by atoms with Crippen molar-refractivity contribution in [2.75, 3.05) is 13.2 Å². The van der Waals surface area contributed by atoms with Crippen molar-refractivity contribution in [2.45, 2.75) is 57.6 Å². The van der Waals surface area contributed by atoms with Crippen LogP contribution in [0.4, 0.5) is 0 Å². The maximum atomic E-state index is 6.53. The normalized spacial score (nSPS) is 40.8. The fraction of sp³-hybridized carbons (Fsp3) is 0.778. The molecule has 6 atom stereocenters. The molecule has 0 aliphatic carbocycles. The summed E-state index contributed by atoms with van der Waals surface area (Å²) >= 11 is 0. The zero-order valence-corrected chi connectivity index (χ0v) is 16.0. The molecule has 3 rings (SSSR count). The first kappa shape index (κ1) is 17.4. The van der Waals surface area contributed by atoms with Crippen LogP contribution in [0.2, 0.25) is 18.1 Å². The summed E-state index contributed by atoms with van der Waals surface area (Å²) in [5.41, 5.74) is 1.13. The smallest absolute Gasteiger partial charge is 0.195 e. The second-order valence-corrected chi connectivity index (χ2v) is 13.3. The molecule has 0 saturated carbocycles. The van der Waals surface area contributed by atoms with E-state index in [-0.39, 0.29) is 35.6 Å². The maximum Gasteiger partial charge on any atom is 0.195 e. The molecular weight excluding hydrogens is 308 g/mol. The Balaban J connectivity index is 1.85. The van der Waals surface area contributed by atoms with E-state index in [0.29, 0.717) is 19.1 Å². The van der Waals surface area contributed by atoms with Gasteiger partial charge < -0.3 is 18.6 Å². The molecule has 0 aromatic rings. The van der Waals surface area contributed by atoms with Crippen molar-refractivity contribution in [1.82, 2.24) is 0 Å². The Hall–Kier alpha value is -0.463. The summed E-state index contributed by atoms with van der Waals surface area (Å²) in [7, 11) is -1.95. The Labute approximate surface area is 141 Å². The number of hydrogen-bond acceptors (Lipinski definition) is 4. The second-order valence-electron chi connectivity index (χ2n) is 8.52. The minimum Gasteiger partial charge on any atom is -0.390 e. The Morgan fingerprint density at radius 2 is 1.96 bits per heavy atom. The predicted octanol–water partition coefficient (Wildman–Crippen LogP) is 3.71. The van der Waals surface area contributed by atoms with E-state index in [1.54, 1.807) is 0 Å². The van der Waals surface area contributed by atoms with Gasteiger partial charge in [-0.1, -0.05) is 33.4 Å². The molecular formula is C18H30O4Si. The molecule has 0 N–H and O–H groups in total. The van der Waals surface area contributed by atoms with E-state index in [9.17, 15) is 0 Å². The predicted molar refractivity (Wildman–Crippen MR) is 92.4 cm³/mol. The van der Waals surface area contributed by atoms with Crippen molar-refractivity contribution in [1.29, 1.82) is 0 Å². The summed E-state index contributed by atoms with van der Waals surface area (Å²) in [5, 5.41) is 0.124. The van der Waals surface area contributed by atoms with Crippen LogP contribution in [0.15, 0.2) is 24.8 Å². The van der Waals surface area contributed by atoms with Crippen LogP contribution >= 0.6 is 0 Å². The monoisotopic (exact) mass is 338 g/mol. The highest BCUT2D eigenvalue weighted by Crippen LogP contribution is 2.50. The van der Waals surface area contributed by atoms with E-state index >= 15 is 0 Å².